The molecule has 0 amide bonds. The molecule has 0 saturated heterocycles. The highest BCUT2D eigenvalue weighted by molar-refractivity contribution is 7.99. The highest BCUT2D eigenvalue weighted by atomic mass is 35.5. The summed E-state index contributed by atoms with van der Waals surface area (Å²) < 4.78 is 0. The summed E-state index contributed by atoms with van der Waals surface area (Å²) in [5, 5.41) is 8.06. The fourth-order valence-corrected chi connectivity index (χ4v) is 2.66. The van der Waals surface area contributed by atoms with Crippen molar-refractivity contribution in [2.75, 3.05) is 0 Å². The number of nitrogens with one attached hydrogen (secondary N) is 1. The van der Waals surface area contributed by atoms with Gasteiger partial charge in [-0.05, 0) is 36.7 Å². The predicted octanol–water partition coefficient (Wildman–Crippen LogP) is 2.50. The van der Waals surface area contributed by atoms with Gasteiger partial charge in [0.25, 0.3) is 0 Å². The summed E-state index contributed by atoms with van der Waals surface area (Å²) in [4.78, 5) is 5.07. The zero-order valence-corrected chi connectivity index (χ0v) is 10.9. The molecule has 0 saturated carbocycles. The molecule has 1 unspecified atom stereocenters. The molecule has 1 heterocycles. The lowest BCUT2D eigenvalue weighted by Gasteiger charge is -2.11. The van der Waals surface area contributed by atoms with Crippen LogP contribution in [0.3, 0.4) is 0 Å². The van der Waals surface area contributed by atoms with Crippen molar-refractivity contribution in [3.8, 4) is 0 Å². The molecule has 1 aromatic heterocycles. The predicted molar refractivity (Wildman–Crippen MR) is 69.3 cm³/mol. The molecule has 2 aromatic rings. The maximum atomic E-state index is 6.21. The maximum absolute atomic E-state index is 6.21. The highest BCUT2D eigenvalue weighted by Crippen LogP contribution is 2.34. The Morgan fingerprint density at radius 3 is 3.00 bits per heavy atom. The van der Waals surface area contributed by atoms with Crippen LogP contribution < -0.4 is 5.73 Å². The molecule has 6 heteroatoms. The Hall–Kier alpha value is -1.04. The summed E-state index contributed by atoms with van der Waals surface area (Å²) in [6, 6.07) is 5.94. The van der Waals surface area contributed by atoms with Gasteiger partial charge in [-0.1, -0.05) is 23.7 Å². The number of hydrogen-bond acceptors (Lipinski definition) is 4. The van der Waals surface area contributed by atoms with Gasteiger partial charge in [0, 0.05) is 10.9 Å². The van der Waals surface area contributed by atoms with Gasteiger partial charge in [0.2, 0.25) is 0 Å². The molecule has 90 valence electrons. The minimum Gasteiger partial charge on any atom is -0.328 e. The van der Waals surface area contributed by atoms with Gasteiger partial charge in [0.15, 0.2) is 5.16 Å². The van der Waals surface area contributed by atoms with Crippen molar-refractivity contribution in [1.29, 1.82) is 0 Å². The van der Waals surface area contributed by atoms with Gasteiger partial charge in [0.05, 0.1) is 5.02 Å². The summed E-state index contributed by atoms with van der Waals surface area (Å²) in [6.45, 7) is 1.98. The van der Waals surface area contributed by atoms with Crippen molar-refractivity contribution in [3.05, 3.63) is 35.1 Å². The second-order valence-electron chi connectivity index (χ2n) is 3.80. The van der Waals surface area contributed by atoms with Crippen LogP contribution >= 0.6 is 23.4 Å². The molecule has 4 nitrogen and oxygen atoms in total. The van der Waals surface area contributed by atoms with E-state index in [9.17, 15) is 0 Å². The Morgan fingerprint density at radius 2 is 2.35 bits per heavy atom. The number of aromatic amines is 1. The molecule has 0 aliphatic heterocycles. The lowest BCUT2D eigenvalue weighted by molar-refractivity contribution is 0.729. The lowest BCUT2D eigenvalue weighted by Crippen LogP contribution is -2.18. The van der Waals surface area contributed by atoms with Gasteiger partial charge in [-0.25, -0.2) is 4.98 Å². The molecule has 17 heavy (non-hydrogen) atoms. The van der Waals surface area contributed by atoms with E-state index in [2.05, 4.69) is 15.2 Å². The minimum absolute atomic E-state index is 0.0996. The van der Waals surface area contributed by atoms with Crippen LogP contribution in [-0.2, 0) is 6.42 Å². The zero-order chi connectivity index (χ0) is 12.3. The number of hydrogen-bond donors (Lipinski definition) is 2. The van der Waals surface area contributed by atoms with E-state index in [1.807, 2.05) is 25.1 Å². The van der Waals surface area contributed by atoms with Gasteiger partial charge in [-0.15, -0.1) is 0 Å². The average Bonchev–Trinajstić information content (AvgIpc) is 2.75. The van der Waals surface area contributed by atoms with E-state index >= 15 is 0 Å². The number of halogens is 1. The number of H-pyrrole nitrogens is 1. The van der Waals surface area contributed by atoms with Crippen molar-refractivity contribution >= 4 is 23.4 Å². The Labute approximate surface area is 109 Å². The van der Waals surface area contributed by atoms with E-state index < -0.39 is 0 Å². The molecular formula is C11H13ClN4S. The van der Waals surface area contributed by atoms with Crippen LogP contribution in [0, 0.1) is 0 Å². The van der Waals surface area contributed by atoms with Gasteiger partial charge in [0.1, 0.15) is 6.33 Å². The number of benzene rings is 1. The fourth-order valence-electron chi connectivity index (χ4n) is 1.52. The largest absolute Gasteiger partial charge is 0.328 e. The first kappa shape index (κ1) is 12.4. The Morgan fingerprint density at radius 1 is 1.53 bits per heavy atom. The average molecular weight is 269 g/mol. The molecule has 0 aliphatic carbocycles. The molecule has 1 aromatic carbocycles. The first-order valence-corrected chi connectivity index (χ1v) is 6.42. The van der Waals surface area contributed by atoms with Gasteiger partial charge in [-0.2, -0.15) is 5.10 Å². The topological polar surface area (TPSA) is 67.6 Å². The molecule has 1 atom stereocenters. The maximum Gasteiger partial charge on any atom is 0.188 e. The summed E-state index contributed by atoms with van der Waals surface area (Å²) in [5.74, 6) is 0. The second-order valence-corrected chi connectivity index (χ2v) is 5.21. The van der Waals surface area contributed by atoms with Crippen molar-refractivity contribution in [1.82, 2.24) is 15.2 Å². The summed E-state index contributed by atoms with van der Waals surface area (Å²) in [6.07, 6.45) is 2.27. The fraction of sp³-hybridized carbons (Fsp3) is 0.273. The van der Waals surface area contributed by atoms with E-state index in [1.54, 1.807) is 0 Å². The molecule has 2 rings (SSSR count). The third-order valence-corrected chi connectivity index (χ3v) is 3.69. The second kappa shape index (κ2) is 5.53. The number of nitrogens with zero attached hydrogens (tertiary/aromatic N) is 2. The molecule has 0 fully saturated rings. The van der Waals surface area contributed by atoms with Crippen molar-refractivity contribution in [3.63, 3.8) is 0 Å². The van der Waals surface area contributed by atoms with Crippen molar-refractivity contribution < 1.29 is 0 Å². The first-order chi connectivity index (χ1) is 8.16. The number of rotatable bonds is 4. The third-order valence-electron chi connectivity index (χ3n) is 2.18. The van der Waals surface area contributed by atoms with E-state index in [1.165, 1.54) is 18.1 Å². The molecular weight excluding hydrogens is 256 g/mol. The normalized spacial score (nSPS) is 12.6. The summed E-state index contributed by atoms with van der Waals surface area (Å²) >= 11 is 7.68. The minimum atomic E-state index is 0.0996. The first-order valence-electron chi connectivity index (χ1n) is 5.23. The van der Waals surface area contributed by atoms with Crippen LogP contribution in [-0.4, -0.2) is 21.2 Å². The van der Waals surface area contributed by atoms with Gasteiger partial charge >= 0.3 is 0 Å². The molecule has 0 aliphatic rings. The van der Waals surface area contributed by atoms with E-state index in [0.717, 1.165) is 22.0 Å². The van der Waals surface area contributed by atoms with Crippen LogP contribution in [0.15, 0.2) is 34.6 Å². The number of aromatic nitrogens is 3. The molecule has 0 bridgehead atoms. The Balaban J connectivity index is 2.30. The highest BCUT2D eigenvalue weighted by Gasteiger charge is 2.11. The Bertz CT molecular complexity index is 484. The molecule has 3 N–H and O–H groups in total. The summed E-state index contributed by atoms with van der Waals surface area (Å²) in [5.41, 5.74) is 6.96. The molecule has 0 spiro atoms. The van der Waals surface area contributed by atoms with Crippen LogP contribution in [0.25, 0.3) is 0 Å². The van der Waals surface area contributed by atoms with Crippen LogP contribution in [0.4, 0.5) is 0 Å². The number of nitrogens with two attached hydrogens (primary N) is 1. The smallest absolute Gasteiger partial charge is 0.188 e. The summed E-state index contributed by atoms with van der Waals surface area (Å²) in [7, 11) is 0. The van der Waals surface area contributed by atoms with Crippen molar-refractivity contribution in [2.45, 2.75) is 29.4 Å². The standard InChI is InChI=1S/C11H13ClN4S/c1-7(13)5-8-3-2-4-9(12)10(8)17-11-14-6-15-16-11/h2-4,6-7H,5,13H2,1H3,(H,14,15,16). The Kier molecular flexibility index (Phi) is 4.04. The van der Waals surface area contributed by atoms with Crippen molar-refractivity contribution in [2.24, 2.45) is 5.73 Å². The molecule has 0 radical (unpaired) electrons. The van der Waals surface area contributed by atoms with Gasteiger partial charge in [-0.3, -0.25) is 5.10 Å². The van der Waals surface area contributed by atoms with Crippen LogP contribution in [0.1, 0.15) is 12.5 Å². The monoisotopic (exact) mass is 268 g/mol. The lowest BCUT2D eigenvalue weighted by atomic mass is 10.1. The van der Waals surface area contributed by atoms with Crippen LogP contribution in [0.5, 0.6) is 0 Å². The van der Waals surface area contributed by atoms with Crippen LogP contribution in [0.2, 0.25) is 5.02 Å². The third kappa shape index (κ3) is 3.21. The quantitative estimate of drug-likeness (QED) is 0.894. The van der Waals surface area contributed by atoms with E-state index in [0.29, 0.717) is 5.02 Å². The van der Waals surface area contributed by atoms with E-state index in [4.69, 9.17) is 17.3 Å². The zero-order valence-electron chi connectivity index (χ0n) is 9.35. The van der Waals surface area contributed by atoms with Gasteiger partial charge < -0.3 is 5.73 Å². The SMILES string of the molecule is CC(N)Cc1cccc(Cl)c1Sc1ncn[nH]1. The van der Waals surface area contributed by atoms with E-state index in [-0.39, 0.29) is 6.04 Å².